The zero-order valence-corrected chi connectivity index (χ0v) is 25.6. The number of hydrogen-bond donors (Lipinski definition) is 1. The summed E-state index contributed by atoms with van der Waals surface area (Å²) < 4.78 is 2.72. The molecule has 0 radical (unpaired) electrons. The molecule has 4 aromatic carbocycles. The van der Waals surface area contributed by atoms with Crippen molar-refractivity contribution < 1.29 is 4.79 Å². The van der Waals surface area contributed by atoms with Crippen molar-refractivity contribution in [2.24, 2.45) is 0 Å². The predicted molar refractivity (Wildman–Crippen MR) is 176 cm³/mol. The third-order valence-corrected chi connectivity index (χ3v) is 7.71. The van der Waals surface area contributed by atoms with Crippen LogP contribution in [-0.2, 0) is 13.0 Å². The Labute approximate surface area is 255 Å². The molecule has 0 spiro atoms. The number of nitrogens with zero attached hydrogens (tertiary/aromatic N) is 3. The van der Waals surface area contributed by atoms with E-state index in [2.05, 4.69) is 82.7 Å². The molecule has 5 nitrogen and oxygen atoms in total. The molecule has 0 saturated heterocycles. The SMILES string of the molecule is CC(=O)c1ccccc1-c1ccccc1.CCc1ccc(CNc2cc(-c3ccccc3C)nc3c(Br)cnn23)cc1. The number of rotatable bonds is 7. The molecule has 0 amide bonds. The van der Waals surface area contributed by atoms with Gasteiger partial charge in [0.05, 0.1) is 16.4 Å². The maximum Gasteiger partial charge on any atom is 0.172 e. The van der Waals surface area contributed by atoms with E-state index in [1.54, 1.807) is 13.1 Å². The van der Waals surface area contributed by atoms with Crippen LogP contribution in [0.15, 0.2) is 120 Å². The number of Topliss-reactive ketones (excluding diaryl/α,β-unsaturated/α-hetero) is 1. The molecule has 2 aromatic heterocycles. The number of aryl methyl sites for hydroxylation is 2. The number of benzene rings is 4. The fourth-order valence-electron chi connectivity index (χ4n) is 4.81. The minimum absolute atomic E-state index is 0.106. The van der Waals surface area contributed by atoms with Crippen LogP contribution < -0.4 is 5.32 Å². The van der Waals surface area contributed by atoms with Crippen molar-refractivity contribution in [3.05, 3.63) is 142 Å². The van der Waals surface area contributed by atoms with Crippen LogP contribution in [0.4, 0.5) is 5.82 Å². The molecule has 6 aromatic rings. The van der Waals surface area contributed by atoms with Gasteiger partial charge in [0.1, 0.15) is 5.82 Å². The lowest BCUT2D eigenvalue weighted by Crippen LogP contribution is -2.07. The van der Waals surface area contributed by atoms with Gasteiger partial charge in [0.15, 0.2) is 11.4 Å². The molecule has 42 heavy (non-hydrogen) atoms. The van der Waals surface area contributed by atoms with Crippen LogP contribution in [0, 0.1) is 6.92 Å². The predicted octanol–water partition coefficient (Wildman–Crippen LogP) is 9.20. The molecule has 0 aliphatic rings. The van der Waals surface area contributed by atoms with Crippen LogP contribution in [-0.4, -0.2) is 20.4 Å². The summed E-state index contributed by atoms with van der Waals surface area (Å²) >= 11 is 3.56. The van der Waals surface area contributed by atoms with E-state index in [0.29, 0.717) is 0 Å². The summed E-state index contributed by atoms with van der Waals surface area (Å²) in [6.07, 6.45) is 2.84. The molecule has 6 heteroatoms. The smallest absolute Gasteiger partial charge is 0.172 e. The number of carbonyl (C=O) groups excluding carboxylic acids is 1. The number of halogens is 1. The average Bonchev–Trinajstić information content (AvgIpc) is 3.41. The summed E-state index contributed by atoms with van der Waals surface area (Å²) in [6, 6.07) is 36.7. The molecular weight excluding hydrogens is 584 g/mol. The average molecular weight is 618 g/mol. The van der Waals surface area contributed by atoms with E-state index >= 15 is 0 Å². The third-order valence-electron chi connectivity index (χ3n) is 7.15. The number of nitrogens with one attached hydrogen (secondary N) is 1. The number of carbonyl (C=O) groups is 1. The minimum Gasteiger partial charge on any atom is -0.366 e. The molecule has 0 saturated carbocycles. The highest BCUT2D eigenvalue weighted by molar-refractivity contribution is 9.10. The molecule has 0 fully saturated rings. The molecule has 1 N–H and O–H groups in total. The second-order valence-corrected chi connectivity index (χ2v) is 10.9. The summed E-state index contributed by atoms with van der Waals surface area (Å²) in [6.45, 7) is 6.61. The topological polar surface area (TPSA) is 59.3 Å². The largest absolute Gasteiger partial charge is 0.366 e. The number of fused-ring (bicyclic) bond motifs is 1. The fraction of sp³-hybridized carbons (Fsp3) is 0.139. The van der Waals surface area contributed by atoms with Crippen molar-refractivity contribution in [3.8, 4) is 22.4 Å². The Bertz CT molecular complexity index is 1810. The van der Waals surface area contributed by atoms with E-state index in [4.69, 9.17) is 4.98 Å². The Morgan fingerprint density at radius 1 is 0.833 bits per heavy atom. The van der Waals surface area contributed by atoms with E-state index in [9.17, 15) is 4.79 Å². The third kappa shape index (κ3) is 6.67. The molecule has 6 rings (SSSR count). The van der Waals surface area contributed by atoms with Gasteiger partial charge in [-0.2, -0.15) is 9.61 Å². The first-order valence-corrected chi connectivity index (χ1v) is 14.8. The maximum absolute atomic E-state index is 11.4. The van der Waals surface area contributed by atoms with Gasteiger partial charge in [-0.3, -0.25) is 4.79 Å². The van der Waals surface area contributed by atoms with Crippen molar-refractivity contribution in [1.29, 1.82) is 0 Å². The molecule has 2 heterocycles. The standard InChI is InChI=1S/C22H21BrN4.C14H12O/c1-3-16-8-10-17(11-9-16)13-24-21-12-20(18-7-5-4-6-15(18)2)26-22-19(23)14-25-27(21)22;1-11(15)13-9-5-6-10-14(13)12-7-3-2-4-8-12/h4-12,14,24H,3,13H2,1-2H3;2-10H,1H3. The monoisotopic (exact) mass is 616 g/mol. The van der Waals surface area contributed by atoms with E-state index in [-0.39, 0.29) is 5.78 Å². The van der Waals surface area contributed by atoms with E-state index in [1.807, 2.05) is 71.2 Å². The van der Waals surface area contributed by atoms with Crippen molar-refractivity contribution in [2.75, 3.05) is 5.32 Å². The first kappa shape index (κ1) is 29.0. The highest BCUT2D eigenvalue weighted by Crippen LogP contribution is 2.28. The zero-order chi connectivity index (χ0) is 29.5. The van der Waals surface area contributed by atoms with Crippen molar-refractivity contribution in [3.63, 3.8) is 0 Å². The number of hydrogen-bond acceptors (Lipinski definition) is 4. The lowest BCUT2D eigenvalue weighted by Gasteiger charge is -2.12. The molecule has 0 unspecified atom stereocenters. The minimum atomic E-state index is 0.106. The summed E-state index contributed by atoms with van der Waals surface area (Å²) in [5.74, 6) is 1.03. The normalized spacial score (nSPS) is 10.7. The molecule has 0 atom stereocenters. The molecule has 0 aliphatic heterocycles. The second-order valence-electron chi connectivity index (χ2n) is 10.1. The Kier molecular flexibility index (Phi) is 9.25. The van der Waals surface area contributed by atoms with Crippen molar-refractivity contribution in [2.45, 2.75) is 33.7 Å². The fourth-order valence-corrected chi connectivity index (χ4v) is 5.15. The first-order chi connectivity index (χ1) is 20.4. The molecular formula is C36H33BrN4O. The summed E-state index contributed by atoms with van der Waals surface area (Å²) in [7, 11) is 0. The second kappa shape index (κ2) is 13.4. The van der Waals surface area contributed by atoms with Gasteiger partial charge in [-0.1, -0.05) is 110 Å². The van der Waals surface area contributed by atoms with Gasteiger partial charge < -0.3 is 5.32 Å². The maximum atomic E-state index is 11.4. The quantitative estimate of drug-likeness (QED) is 0.182. The number of anilines is 1. The van der Waals surface area contributed by atoms with Crippen molar-refractivity contribution in [1.82, 2.24) is 14.6 Å². The van der Waals surface area contributed by atoms with Crippen LogP contribution in [0.1, 0.15) is 40.9 Å². The van der Waals surface area contributed by atoms with Gasteiger partial charge >= 0.3 is 0 Å². The summed E-state index contributed by atoms with van der Waals surface area (Å²) in [5.41, 5.74) is 9.53. The first-order valence-electron chi connectivity index (χ1n) is 14.0. The van der Waals surface area contributed by atoms with Crippen LogP contribution in [0.3, 0.4) is 0 Å². The Balaban J connectivity index is 0.000000199. The van der Waals surface area contributed by atoms with Crippen LogP contribution in [0.2, 0.25) is 0 Å². The highest BCUT2D eigenvalue weighted by atomic mass is 79.9. The van der Waals surface area contributed by atoms with Gasteiger partial charge in [0, 0.05) is 23.7 Å². The van der Waals surface area contributed by atoms with Crippen LogP contribution in [0.25, 0.3) is 28.0 Å². The van der Waals surface area contributed by atoms with Gasteiger partial charge in [-0.05, 0) is 64.0 Å². The van der Waals surface area contributed by atoms with Gasteiger partial charge in [-0.15, -0.1) is 0 Å². The summed E-state index contributed by atoms with van der Waals surface area (Å²) in [5, 5.41) is 7.98. The van der Waals surface area contributed by atoms with Gasteiger partial charge in [-0.25, -0.2) is 4.98 Å². The van der Waals surface area contributed by atoms with Crippen molar-refractivity contribution >= 4 is 33.2 Å². The zero-order valence-electron chi connectivity index (χ0n) is 24.0. The molecule has 0 aliphatic carbocycles. The lowest BCUT2D eigenvalue weighted by atomic mass is 9.98. The van der Waals surface area contributed by atoms with E-state index < -0.39 is 0 Å². The summed E-state index contributed by atoms with van der Waals surface area (Å²) in [4.78, 5) is 16.3. The molecule has 210 valence electrons. The lowest BCUT2D eigenvalue weighted by molar-refractivity contribution is 0.101. The van der Waals surface area contributed by atoms with E-state index in [1.165, 1.54) is 16.7 Å². The number of aromatic nitrogens is 3. The van der Waals surface area contributed by atoms with E-state index in [0.717, 1.165) is 56.9 Å². The Hall–Kier alpha value is -4.55. The molecule has 0 bridgehead atoms. The Morgan fingerprint density at radius 2 is 1.48 bits per heavy atom. The highest BCUT2D eigenvalue weighted by Gasteiger charge is 2.13. The number of ketones is 1. The van der Waals surface area contributed by atoms with Gasteiger partial charge in [0.2, 0.25) is 0 Å². The van der Waals surface area contributed by atoms with Crippen LogP contribution >= 0.6 is 15.9 Å². The van der Waals surface area contributed by atoms with Gasteiger partial charge in [0.25, 0.3) is 0 Å². The van der Waals surface area contributed by atoms with Crippen LogP contribution in [0.5, 0.6) is 0 Å². The Morgan fingerprint density at radius 3 is 2.17 bits per heavy atom.